The Morgan fingerprint density at radius 2 is 2.08 bits per heavy atom. The van der Waals surface area contributed by atoms with E-state index in [4.69, 9.17) is 0 Å². The van der Waals surface area contributed by atoms with Crippen molar-refractivity contribution >= 4 is 17.2 Å². The van der Waals surface area contributed by atoms with E-state index in [1.165, 1.54) is 49.3 Å². The van der Waals surface area contributed by atoms with Crippen molar-refractivity contribution in [1.82, 2.24) is 15.2 Å². The van der Waals surface area contributed by atoms with Gasteiger partial charge in [-0.25, -0.2) is 9.37 Å². The predicted molar refractivity (Wildman–Crippen MR) is 101 cm³/mol. The number of rotatable bonds is 6. The molecule has 138 valence electrons. The minimum absolute atomic E-state index is 0.0183. The number of amides is 1. The van der Waals surface area contributed by atoms with Crippen LogP contribution in [0.15, 0.2) is 24.3 Å². The lowest BCUT2D eigenvalue weighted by Crippen LogP contribution is -2.31. The summed E-state index contributed by atoms with van der Waals surface area (Å²) in [4.78, 5) is 20.3. The molecule has 2 aliphatic rings. The van der Waals surface area contributed by atoms with Gasteiger partial charge < -0.3 is 10.2 Å². The van der Waals surface area contributed by atoms with E-state index in [2.05, 4.69) is 15.2 Å². The largest absolute Gasteiger partial charge is 0.351 e. The maximum absolute atomic E-state index is 13.0. The summed E-state index contributed by atoms with van der Waals surface area (Å²) < 4.78 is 13.0. The van der Waals surface area contributed by atoms with Gasteiger partial charge in [-0.2, -0.15) is 0 Å². The van der Waals surface area contributed by atoms with Crippen LogP contribution in [0, 0.1) is 18.7 Å². The van der Waals surface area contributed by atoms with Gasteiger partial charge >= 0.3 is 0 Å². The molecule has 1 N–H and O–H groups in total. The van der Waals surface area contributed by atoms with Crippen LogP contribution in [-0.4, -0.2) is 41.5 Å². The van der Waals surface area contributed by atoms with E-state index < -0.39 is 0 Å². The molecule has 2 aromatic rings. The molecule has 4 nitrogen and oxygen atoms in total. The van der Waals surface area contributed by atoms with Crippen LogP contribution in [0.1, 0.15) is 45.2 Å². The zero-order chi connectivity index (χ0) is 18.1. The third-order valence-electron chi connectivity index (χ3n) is 5.25. The first-order valence-corrected chi connectivity index (χ1v) is 10.1. The van der Waals surface area contributed by atoms with Gasteiger partial charge in [0.25, 0.3) is 5.91 Å². The normalized spacial score (nSPS) is 20.5. The van der Waals surface area contributed by atoms with E-state index in [1.807, 2.05) is 6.92 Å². The van der Waals surface area contributed by atoms with Gasteiger partial charge in [0, 0.05) is 25.6 Å². The Labute approximate surface area is 157 Å². The molecule has 2 fully saturated rings. The molecule has 1 saturated carbocycles. The van der Waals surface area contributed by atoms with Crippen molar-refractivity contribution < 1.29 is 9.18 Å². The van der Waals surface area contributed by atoms with Crippen molar-refractivity contribution in [2.45, 2.75) is 38.6 Å². The second-order valence-electron chi connectivity index (χ2n) is 7.42. The van der Waals surface area contributed by atoms with Crippen molar-refractivity contribution in [3.63, 3.8) is 0 Å². The van der Waals surface area contributed by atoms with Crippen LogP contribution in [0.5, 0.6) is 0 Å². The van der Waals surface area contributed by atoms with Crippen LogP contribution in [0.4, 0.5) is 4.39 Å². The fourth-order valence-electron chi connectivity index (χ4n) is 3.63. The molecule has 1 aromatic heterocycles. The number of carbonyl (C=O) groups excluding carboxylic acids is 1. The van der Waals surface area contributed by atoms with Gasteiger partial charge in [0.2, 0.25) is 0 Å². The number of nitrogens with one attached hydrogen (secondary N) is 1. The molecule has 4 rings (SSSR count). The van der Waals surface area contributed by atoms with Gasteiger partial charge in [-0.05, 0) is 56.3 Å². The third kappa shape index (κ3) is 4.13. The molecule has 0 spiro atoms. The highest BCUT2D eigenvalue weighted by Gasteiger charge is 2.34. The number of likely N-dealkylation sites (tertiary alicyclic amines) is 1. The maximum atomic E-state index is 13.0. The molecule has 2 heterocycles. The number of aryl methyl sites for hydroxylation is 1. The number of carbonyl (C=O) groups is 1. The molecule has 1 aliphatic carbocycles. The van der Waals surface area contributed by atoms with Gasteiger partial charge in [0.15, 0.2) is 0 Å². The van der Waals surface area contributed by atoms with E-state index in [0.717, 1.165) is 35.4 Å². The number of nitrogens with zero attached hydrogens (tertiary/aromatic N) is 2. The lowest BCUT2D eigenvalue weighted by molar-refractivity contribution is 0.0950. The smallest absolute Gasteiger partial charge is 0.263 e. The van der Waals surface area contributed by atoms with Crippen molar-refractivity contribution in [3.05, 3.63) is 51.2 Å². The molecule has 0 bridgehead atoms. The molecular formula is C20H24FN3OS. The molecule has 0 radical (unpaired) electrons. The first-order valence-electron chi connectivity index (χ1n) is 9.31. The van der Waals surface area contributed by atoms with Crippen LogP contribution in [0.25, 0.3) is 0 Å². The lowest BCUT2D eigenvalue weighted by atomic mass is 10.1. The Balaban J connectivity index is 1.32. The van der Waals surface area contributed by atoms with E-state index in [1.54, 1.807) is 12.1 Å². The Hall–Kier alpha value is -1.79. The summed E-state index contributed by atoms with van der Waals surface area (Å²) in [6.45, 7) is 4.91. The molecule has 1 amide bonds. The van der Waals surface area contributed by atoms with Crippen LogP contribution >= 0.6 is 11.3 Å². The number of thiazole rings is 1. The van der Waals surface area contributed by atoms with Crippen LogP contribution in [-0.2, 0) is 6.42 Å². The predicted octanol–water partition coefficient (Wildman–Crippen LogP) is 3.40. The summed E-state index contributed by atoms with van der Waals surface area (Å²) in [6, 6.07) is 7.24. The molecule has 1 aromatic carbocycles. The standard InChI is InChI=1S/C20H24FN3OS/c1-13-19(26-18(23-13)10-14-2-4-16(21)5-3-14)20(25)22-11-15-8-9-24(12-15)17-6-7-17/h2-5,15,17H,6-12H2,1H3,(H,22,25). The topological polar surface area (TPSA) is 45.2 Å². The molecular weight excluding hydrogens is 349 g/mol. The Bertz CT molecular complexity index is 785. The summed E-state index contributed by atoms with van der Waals surface area (Å²) in [5.41, 5.74) is 1.77. The zero-order valence-corrected chi connectivity index (χ0v) is 15.8. The van der Waals surface area contributed by atoms with Crippen LogP contribution < -0.4 is 5.32 Å². The van der Waals surface area contributed by atoms with Gasteiger partial charge in [0.05, 0.1) is 10.7 Å². The highest BCUT2D eigenvalue weighted by atomic mass is 32.1. The quantitative estimate of drug-likeness (QED) is 0.844. The van der Waals surface area contributed by atoms with Gasteiger partial charge in [-0.1, -0.05) is 12.1 Å². The molecule has 1 unspecified atom stereocenters. The Morgan fingerprint density at radius 3 is 2.81 bits per heavy atom. The zero-order valence-electron chi connectivity index (χ0n) is 15.0. The summed E-state index contributed by atoms with van der Waals surface area (Å²) in [7, 11) is 0. The number of halogens is 1. The third-order valence-corrected chi connectivity index (χ3v) is 6.40. The Morgan fingerprint density at radius 1 is 1.31 bits per heavy atom. The fourth-order valence-corrected chi connectivity index (χ4v) is 4.65. The number of hydrogen-bond donors (Lipinski definition) is 1. The van der Waals surface area contributed by atoms with Crippen LogP contribution in [0.3, 0.4) is 0 Å². The fraction of sp³-hybridized carbons (Fsp3) is 0.500. The molecule has 6 heteroatoms. The van der Waals surface area contributed by atoms with Gasteiger partial charge in [-0.15, -0.1) is 11.3 Å². The molecule has 1 aliphatic heterocycles. The van der Waals surface area contributed by atoms with E-state index >= 15 is 0 Å². The minimum atomic E-state index is -0.240. The van der Waals surface area contributed by atoms with Crippen molar-refractivity contribution in [2.24, 2.45) is 5.92 Å². The first kappa shape index (κ1) is 17.6. The highest BCUT2D eigenvalue weighted by molar-refractivity contribution is 7.13. The summed E-state index contributed by atoms with van der Waals surface area (Å²) >= 11 is 1.44. The lowest BCUT2D eigenvalue weighted by Gasteiger charge is -2.15. The van der Waals surface area contributed by atoms with E-state index in [9.17, 15) is 9.18 Å². The highest BCUT2D eigenvalue weighted by Crippen LogP contribution is 2.31. The maximum Gasteiger partial charge on any atom is 0.263 e. The van der Waals surface area contributed by atoms with Crippen molar-refractivity contribution in [3.8, 4) is 0 Å². The Kier molecular flexibility index (Phi) is 5.05. The summed E-state index contributed by atoms with van der Waals surface area (Å²) in [6.07, 6.45) is 4.48. The number of benzene rings is 1. The first-order chi connectivity index (χ1) is 12.6. The minimum Gasteiger partial charge on any atom is -0.351 e. The second-order valence-corrected chi connectivity index (χ2v) is 8.50. The monoisotopic (exact) mass is 373 g/mol. The van der Waals surface area contributed by atoms with Crippen molar-refractivity contribution in [2.75, 3.05) is 19.6 Å². The molecule has 1 atom stereocenters. The summed E-state index contributed by atoms with van der Waals surface area (Å²) in [5.74, 6) is 0.304. The SMILES string of the molecule is Cc1nc(Cc2ccc(F)cc2)sc1C(=O)NCC1CCN(C2CC2)C1. The number of aromatic nitrogens is 1. The van der Waals surface area contributed by atoms with E-state index in [-0.39, 0.29) is 11.7 Å². The number of hydrogen-bond acceptors (Lipinski definition) is 4. The molecule has 26 heavy (non-hydrogen) atoms. The van der Waals surface area contributed by atoms with Gasteiger partial charge in [-0.3, -0.25) is 4.79 Å². The average molecular weight is 373 g/mol. The van der Waals surface area contributed by atoms with E-state index in [0.29, 0.717) is 17.2 Å². The second kappa shape index (κ2) is 7.45. The average Bonchev–Trinajstić information content (AvgIpc) is 3.26. The van der Waals surface area contributed by atoms with Crippen LogP contribution in [0.2, 0.25) is 0 Å². The molecule has 1 saturated heterocycles. The van der Waals surface area contributed by atoms with Crippen molar-refractivity contribution in [1.29, 1.82) is 0 Å². The van der Waals surface area contributed by atoms with Gasteiger partial charge in [0.1, 0.15) is 10.7 Å². The summed E-state index contributed by atoms with van der Waals surface area (Å²) in [5, 5.41) is 3.99.